The number of aliphatic hydroxyl groups is 1. The molecular weight excluding hydrogens is 623 g/mol. The maximum absolute atomic E-state index is 13.2. The summed E-state index contributed by atoms with van der Waals surface area (Å²) < 4.78 is 13.1. The van der Waals surface area contributed by atoms with Gasteiger partial charge in [-0.05, 0) is 84.1 Å². The molecule has 5 aliphatic rings. The van der Waals surface area contributed by atoms with Crippen molar-refractivity contribution >= 4 is 17.8 Å². The molecule has 3 atom stereocenters. The highest BCUT2D eigenvalue weighted by Crippen LogP contribution is 2.55. The Balaban J connectivity index is 0.946. The van der Waals surface area contributed by atoms with Gasteiger partial charge in [0.15, 0.2) is 11.4 Å². The van der Waals surface area contributed by atoms with E-state index in [2.05, 4.69) is 62.2 Å². The highest BCUT2D eigenvalue weighted by Gasteiger charge is 2.51. The average Bonchev–Trinajstić information content (AvgIpc) is 3.63. The Bertz CT molecular complexity index is 1660. The molecule has 1 aliphatic heterocycles. The molecule has 4 N–H and O–H groups in total. The van der Waals surface area contributed by atoms with E-state index in [0.717, 1.165) is 75.6 Å². The van der Waals surface area contributed by atoms with Crippen molar-refractivity contribution in [1.82, 2.24) is 25.8 Å². The predicted octanol–water partition coefficient (Wildman–Crippen LogP) is 7.07. The number of aromatic nitrogens is 3. The average molecular weight is 666 g/mol. The van der Waals surface area contributed by atoms with Gasteiger partial charge in [-0.2, -0.15) is 5.10 Å². The molecule has 0 unspecified atom stereocenters. The van der Waals surface area contributed by atoms with Gasteiger partial charge in [0.1, 0.15) is 6.33 Å². The van der Waals surface area contributed by atoms with Crippen LogP contribution in [0.2, 0.25) is 0 Å². The van der Waals surface area contributed by atoms with Gasteiger partial charge in [-0.25, -0.2) is 9.78 Å². The third-order valence-electron chi connectivity index (χ3n) is 10.8. The summed E-state index contributed by atoms with van der Waals surface area (Å²) in [4.78, 5) is 17.4. The summed E-state index contributed by atoms with van der Waals surface area (Å²) >= 11 is 1.58. The van der Waals surface area contributed by atoms with Gasteiger partial charge in [-0.3, -0.25) is 5.10 Å². The Morgan fingerprint density at radius 3 is 2.29 bits per heavy atom. The first-order valence-electron chi connectivity index (χ1n) is 17.2. The van der Waals surface area contributed by atoms with Gasteiger partial charge in [-0.1, -0.05) is 84.6 Å². The zero-order chi connectivity index (χ0) is 32.5. The number of hydrogen-bond acceptors (Lipinski definition) is 7. The lowest BCUT2D eigenvalue weighted by molar-refractivity contribution is -0.245. The van der Waals surface area contributed by atoms with E-state index in [4.69, 9.17) is 9.47 Å². The van der Waals surface area contributed by atoms with Crippen LogP contribution in [0.3, 0.4) is 0 Å². The normalized spacial score (nSPS) is 29.1. The van der Waals surface area contributed by atoms with Crippen molar-refractivity contribution in [2.24, 2.45) is 17.8 Å². The fourth-order valence-electron chi connectivity index (χ4n) is 8.96. The van der Waals surface area contributed by atoms with Crippen LogP contribution < -0.4 is 10.6 Å². The lowest BCUT2D eigenvalue weighted by Gasteiger charge is -2.56. The van der Waals surface area contributed by atoms with Gasteiger partial charge < -0.3 is 25.2 Å². The number of carbonyl (C=O) groups excluding carboxylic acids is 1. The van der Waals surface area contributed by atoms with Crippen molar-refractivity contribution < 1.29 is 19.4 Å². The number of urea groups is 1. The van der Waals surface area contributed by atoms with Gasteiger partial charge in [0.25, 0.3) is 0 Å². The largest absolute Gasteiger partial charge is 0.392 e. The summed E-state index contributed by atoms with van der Waals surface area (Å²) in [5.41, 5.74) is 6.10. The Morgan fingerprint density at radius 2 is 1.60 bits per heavy atom. The van der Waals surface area contributed by atoms with Crippen LogP contribution in [0.1, 0.15) is 79.6 Å². The molecule has 4 aromatic rings. The van der Waals surface area contributed by atoms with Crippen LogP contribution in [0.4, 0.5) is 4.79 Å². The highest BCUT2D eigenvalue weighted by atomic mass is 32.2. The summed E-state index contributed by atoms with van der Waals surface area (Å²) in [7, 11) is 0. The van der Waals surface area contributed by atoms with E-state index in [1.54, 1.807) is 11.8 Å². The van der Waals surface area contributed by atoms with E-state index in [1.807, 2.05) is 36.4 Å². The second-order valence-electron chi connectivity index (χ2n) is 14.2. The van der Waals surface area contributed by atoms with E-state index in [9.17, 15) is 9.90 Å². The van der Waals surface area contributed by atoms with Crippen LogP contribution in [-0.2, 0) is 22.6 Å². The molecule has 9 rings (SSSR count). The van der Waals surface area contributed by atoms with Crippen molar-refractivity contribution in [2.75, 3.05) is 5.75 Å². The summed E-state index contributed by atoms with van der Waals surface area (Å²) in [5.74, 6) is 3.07. The Morgan fingerprint density at radius 1 is 0.896 bits per heavy atom. The van der Waals surface area contributed by atoms with Crippen molar-refractivity contribution in [3.63, 3.8) is 0 Å². The molecule has 1 saturated heterocycles. The molecule has 48 heavy (non-hydrogen) atoms. The topological polar surface area (TPSA) is 121 Å². The third kappa shape index (κ3) is 6.89. The molecule has 0 radical (unpaired) electrons. The van der Waals surface area contributed by atoms with Crippen LogP contribution in [0, 0.1) is 17.8 Å². The zero-order valence-electron chi connectivity index (χ0n) is 27.0. The van der Waals surface area contributed by atoms with E-state index >= 15 is 0 Å². The number of rotatable bonds is 10. The number of amides is 2. The van der Waals surface area contributed by atoms with E-state index < -0.39 is 6.29 Å². The molecule has 4 bridgehead atoms. The minimum atomic E-state index is -0.541. The summed E-state index contributed by atoms with van der Waals surface area (Å²) in [6, 6.07) is 24.5. The van der Waals surface area contributed by atoms with Crippen molar-refractivity contribution in [2.45, 2.75) is 87.3 Å². The smallest absolute Gasteiger partial charge is 0.315 e. The number of nitrogens with one attached hydrogen (secondary N) is 3. The molecule has 2 amide bonds. The fourth-order valence-corrected chi connectivity index (χ4v) is 9.76. The van der Waals surface area contributed by atoms with Gasteiger partial charge in [0.2, 0.25) is 0 Å². The van der Waals surface area contributed by atoms with Crippen LogP contribution in [0.15, 0.2) is 84.3 Å². The Hall–Kier alpha value is -3.70. The van der Waals surface area contributed by atoms with Gasteiger partial charge in [-0.15, -0.1) is 0 Å². The lowest BCUT2D eigenvalue weighted by atomic mass is 9.53. The fraction of sp³-hybridized carbons (Fsp3) is 0.447. The first-order valence-corrected chi connectivity index (χ1v) is 18.2. The number of nitrogens with zero attached hydrogens (tertiary/aromatic N) is 2. The molecule has 9 nitrogen and oxygen atoms in total. The molecular formula is C38H43N5O4S. The van der Waals surface area contributed by atoms with E-state index in [0.29, 0.717) is 18.7 Å². The molecule has 0 spiro atoms. The second-order valence-corrected chi connectivity index (χ2v) is 15.2. The van der Waals surface area contributed by atoms with Gasteiger partial charge in [0.05, 0.1) is 18.8 Å². The Labute approximate surface area is 285 Å². The molecule has 10 heteroatoms. The SMILES string of the molecule is O=C(NCc1ccccc1-c1ccc([C@H]2O[C@@H](CSc3ncn[nH]3)C[C@@H](c3ccc(CO)cc3)O2)cc1)NC12CC3CC(CC(C3)C1)C2. The number of ether oxygens (including phenoxy) is 2. The minimum absolute atomic E-state index is 0.00694. The first-order chi connectivity index (χ1) is 23.5. The number of carbonyl (C=O) groups is 1. The van der Waals surface area contributed by atoms with Crippen molar-refractivity contribution in [1.29, 1.82) is 0 Å². The standard InChI is InChI=1S/C38H43N5O4S/c44-21-24-5-7-29(8-6-24)34-16-32(22-48-37-40-23-41-43-37)46-35(47-34)30-11-9-28(10-12-30)33-4-2-1-3-31(33)20-39-36(45)42-38-17-25-13-26(18-38)15-27(14-25)19-38/h1-12,23,25-27,32,34-35,44H,13-22H2,(H2,39,42,45)(H,40,41,43)/t25?,26?,27?,32-,34+,35+,38?/m1/s1. The number of benzene rings is 3. The van der Waals surface area contributed by atoms with Gasteiger partial charge in [0, 0.05) is 29.8 Å². The van der Waals surface area contributed by atoms with Crippen LogP contribution in [0.25, 0.3) is 11.1 Å². The van der Waals surface area contributed by atoms with Crippen LogP contribution in [-0.4, -0.2) is 43.7 Å². The monoisotopic (exact) mass is 665 g/mol. The quantitative estimate of drug-likeness (QED) is 0.134. The number of aliphatic hydroxyl groups excluding tert-OH is 1. The first kappa shape index (κ1) is 31.6. The maximum Gasteiger partial charge on any atom is 0.315 e. The van der Waals surface area contributed by atoms with E-state index in [-0.39, 0.29) is 30.4 Å². The molecule has 2 heterocycles. The summed E-state index contributed by atoms with van der Waals surface area (Å²) in [6.07, 6.45) is 8.93. The van der Waals surface area contributed by atoms with E-state index in [1.165, 1.54) is 25.6 Å². The molecule has 250 valence electrons. The second kappa shape index (κ2) is 13.7. The molecule has 5 fully saturated rings. The number of hydrogen-bond donors (Lipinski definition) is 4. The predicted molar refractivity (Wildman–Crippen MR) is 184 cm³/mol. The number of H-pyrrole nitrogens is 1. The molecule has 3 aromatic carbocycles. The molecule has 4 saturated carbocycles. The zero-order valence-corrected chi connectivity index (χ0v) is 27.8. The van der Waals surface area contributed by atoms with Crippen LogP contribution >= 0.6 is 11.8 Å². The summed E-state index contributed by atoms with van der Waals surface area (Å²) in [5, 5.41) is 23.8. The number of thioether (sulfide) groups is 1. The number of aromatic amines is 1. The van der Waals surface area contributed by atoms with Crippen LogP contribution in [0.5, 0.6) is 0 Å². The third-order valence-corrected chi connectivity index (χ3v) is 11.8. The van der Waals surface area contributed by atoms with Crippen molar-refractivity contribution in [3.05, 3.63) is 101 Å². The van der Waals surface area contributed by atoms with Crippen molar-refractivity contribution in [3.8, 4) is 11.1 Å². The molecule has 4 aliphatic carbocycles. The highest BCUT2D eigenvalue weighted by molar-refractivity contribution is 7.99. The Kier molecular flexibility index (Phi) is 8.98. The lowest BCUT2D eigenvalue weighted by Crippen LogP contribution is -2.61. The minimum Gasteiger partial charge on any atom is -0.392 e. The van der Waals surface area contributed by atoms with Gasteiger partial charge >= 0.3 is 6.03 Å². The maximum atomic E-state index is 13.2. The molecule has 1 aromatic heterocycles. The summed E-state index contributed by atoms with van der Waals surface area (Å²) in [6.45, 7) is 0.473.